The van der Waals surface area contributed by atoms with Crippen molar-refractivity contribution in [1.82, 2.24) is 4.98 Å². The summed E-state index contributed by atoms with van der Waals surface area (Å²) in [7, 11) is 1.32. The molecule has 0 amide bonds. The van der Waals surface area contributed by atoms with Crippen molar-refractivity contribution in [1.29, 1.82) is 0 Å². The van der Waals surface area contributed by atoms with Crippen molar-refractivity contribution in [2.24, 2.45) is 4.99 Å². The van der Waals surface area contributed by atoms with E-state index >= 15 is 0 Å². The van der Waals surface area contributed by atoms with E-state index in [1.54, 1.807) is 30.3 Å². The van der Waals surface area contributed by atoms with Crippen molar-refractivity contribution in [2.75, 3.05) is 7.11 Å². The second-order valence-electron chi connectivity index (χ2n) is 6.28. The number of benzene rings is 3. The zero-order valence-corrected chi connectivity index (χ0v) is 16.3. The highest BCUT2D eigenvalue weighted by atomic mass is 35.5. The van der Waals surface area contributed by atoms with Gasteiger partial charge in [0.15, 0.2) is 17.1 Å². The van der Waals surface area contributed by atoms with Gasteiger partial charge < -0.3 is 14.3 Å². The van der Waals surface area contributed by atoms with Crippen LogP contribution in [0.25, 0.3) is 22.6 Å². The zero-order valence-electron chi connectivity index (χ0n) is 15.6. The molecule has 0 bridgehead atoms. The van der Waals surface area contributed by atoms with Crippen molar-refractivity contribution in [3.63, 3.8) is 0 Å². The maximum atomic E-state index is 11.1. The Balaban J connectivity index is 1.68. The van der Waals surface area contributed by atoms with Gasteiger partial charge in [-0.15, -0.1) is 0 Å². The minimum Gasteiger partial charge on any atom is -0.504 e. The normalized spacial score (nSPS) is 11.3. The Labute approximate surface area is 175 Å². The summed E-state index contributed by atoms with van der Waals surface area (Å²) in [6.45, 7) is 0. The number of nitro benzene ring substituents is 1. The van der Waals surface area contributed by atoms with Crippen molar-refractivity contribution in [3.8, 4) is 23.0 Å². The number of non-ortho nitro benzene ring substituents is 1. The van der Waals surface area contributed by atoms with Crippen molar-refractivity contribution in [2.45, 2.75) is 0 Å². The Hall–Kier alpha value is -3.91. The van der Waals surface area contributed by atoms with Crippen LogP contribution in [0, 0.1) is 10.1 Å². The van der Waals surface area contributed by atoms with Crippen LogP contribution in [0.3, 0.4) is 0 Å². The number of methoxy groups -OCH3 is 1. The van der Waals surface area contributed by atoms with Gasteiger partial charge in [0.05, 0.1) is 23.8 Å². The lowest BCUT2D eigenvalue weighted by atomic mass is 10.1. The fraction of sp³-hybridized carbons (Fsp3) is 0.0476. The van der Waals surface area contributed by atoms with Crippen LogP contribution >= 0.6 is 11.6 Å². The van der Waals surface area contributed by atoms with Gasteiger partial charge in [0.25, 0.3) is 5.69 Å². The van der Waals surface area contributed by atoms with Crippen LogP contribution in [-0.2, 0) is 0 Å². The highest BCUT2D eigenvalue weighted by Gasteiger charge is 2.16. The third kappa shape index (κ3) is 3.81. The Bertz CT molecular complexity index is 1300. The van der Waals surface area contributed by atoms with Crippen molar-refractivity contribution in [3.05, 3.63) is 75.3 Å². The maximum absolute atomic E-state index is 11.1. The third-order valence-corrected chi connectivity index (χ3v) is 4.55. The molecule has 0 aliphatic rings. The molecule has 0 aliphatic heterocycles. The molecule has 4 rings (SSSR count). The number of aromatic nitrogens is 1. The van der Waals surface area contributed by atoms with E-state index < -0.39 is 4.92 Å². The molecule has 0 fully saturated rings. The Morgan fingerprint density at radius 2 is 2.07 bits per heavy atom. The molecule has 4 aromatic rings. The van der Waals surface area contributed by atoms with Gasteiger partial charge in [-0.3, -0.25) is 15.1 Å². The Morgan fingerprint density at radius 1 is 1.23 bits per heavy atom. The van der Waals surface area contributed by atoms with Gasteiger partial charge in [-0.25, -0.2) is 4.98 Å². The monoisotopic (exact) mass is 423 g/mol. The number of phenolic OH excluding ortho intramolecular Hbond substituents is 1. The fourth-order valence-corrected chi connectivity index (χ4v) is 3.05. The lowest BCUT2D eigenvalue weighted by molar-refractivity contribution is -0.385. The van der Waals surface area contributed by atoms with Crippen LogP contribution in [0.5, 0.6) is 11.5 Å². The summed E-state index contributed by atoms with van der Waals surface area (Å²) in [5.74, 6) is 0.177. The van der Waals surface area contributed by atoms with Crippen LogP contribution in [0.4, 0.5) is 11.4 Å². The summed E-state index contributed by atoms with van der Waals surface area (Å²) in [5.41, 5.74) is 2.37. The van der Waals surface area contributed by atoms with E-state index in [0.29, 0.717) is 27.7 Å². The summed E-state index contributed by atoms with van der Waals surface area (Å²) in [6, 6.07) is 14.7. The van der Waals surface area contributed by atoms with E-state index in [0.717, 1.165) is 11.6 Å². The highest BCUT2D eigenvalue weighted by molar-refractivity contribution is 6.30. The Kier molecular flexibility index (Phi) is 5.07. The lowest BCUT2D eigenvalue weighted by Crippen LogP contribution is -1.94. The van der Waals surface area contributed by atoms with Gasteiger partial charge in [-0.05, 0) is 36.4 Å². The predicted molar refractivity (Wildman–Crippen MR) is 113 cm³/mol. The second-order valence-corrected chi connectivity index (χ2v) is 6.72. The van der Waals surface area contributed by atoms with E-state index in [1.165, 1.54) is 19.4 Å². The van der Waals surface area contributed by atoms with Crippen LogP contribution in [0.2, 0.25) is 5.02 Å². The molecule has 3 aromatic carbocycles. The van der Waals surface area contributed by atoms with Crippen LogP contribution in [0.15, 0.2) is 64.0 Å². The fourth-order valence-electron chi connectivity index (χ4n) is 2.86. The number of aromatic hydroxyl groups is 1. The molecule has 1 N–H and O–H groups in total. The van der Waals surface area contributed by atoms with Gasteiger partial charge in [0.2, 0.25) is 5.89 Å². The molecule has 0 aliphatic carbocycles. The number of halogens is 1. The number of rotatable bonds is 5. The Morgan fingerprint density at radius 3 is 2.80 bits per heavy atom. The number of hydrogen-bond acceptors (Lipinski definition) is 7. The van der Waals surface area contributed by atoms with Crippen molar-refractivity contribution >= 4 is 40.3 Å². The summed E-state index contributed by atoms with van der Waals surface area (Å²) in [4.78, 5) is 19.3. The molecule has 150 valence electrons. The first-order valence-corrected chi connectivity index (χ1v) is 9.08. The number of hydrogen-bond donors (Lipinski definition) is 1. The number of oxazole rings is 1. The molecule has 30 heavy (non-hydrogen) atoms. The molecule has 9 heteroatoms. The average molecular weight is 424 g/mol. The number of ether oxygens (including phenoxy) is 1. The average Bonchev–Trinajstić information content (AvgIpc) is 3.16. The maximum Gasteiger partial charge on any atom is 0.274 e. The molecule has 1 aromatic heterocycles. The van der Waals surface area contributed by atoms with E-state index in [9.17, 15) is 15.2 Å². The number of nitro groups is 1. The molecular weight excluding hydrogens is 410 g/mol. The van der Waals surface area contributed by atoms with E-state index in [4.69, 9.17) is 20.8 Å². The minimum absolute atomic E-state index is 0.0104. The quantitative estimate of drug-likeness (QED) is 0.257. The molecule has 1 heterocycles. The molecule has 0 spiro atoms. The standard InChI is InChI=1S/C21H14ClN3O5/c1-29-19-10-16(25(27)28)8-13(20(19)26)11-23-15-5-6-18-17(9-15)24-21(30-18)12-3-2-4-14(22)7-12/h2-11,26H,1H3. The summed E-state index contributed by atoms with van der Waals surface area (Å²) in [6.07, 6.45) is 1.32. The third-order valence-electron chi connectivity index (χ3n) is 4.32. The lowest BCUT2D eigenvalue weighted by Gasteiger charge is -2.05. The summed E-state index contributed by atoms with van der Waals surface area (Å²) in [5, 5.41) is 21.9. The molecule has 8 nitrogen and oxygen atoms in total. The van der Waals surface area contributed by atoms with E-state index in [-0.39, 0.29) is 22.7 Å². The predicted octanol–water partition coefficient (Wildman–Crippen LogP) is 5.52. The van der Waals surface area contributed by atoms with E-state index in [1.807, 2.05) is 12.1 Å². The zero-order chi connectivity index (χ0) is 21.3. The molecule has 0 saturated carbocycles. The van der Waals surface area contributed by atoms with Crippen LogP contribution < -0.4 is 4.74 Å². The topological polar surface area (TPSA) is 111 Å². The van der Waals surface area contributed by atoms with Crippen molar-refractivity contribution < 1.29 is 19.2 Å². The first-order chi connectivity index (χ1) is 14.4. The number of phenols is 1. The molecule has 0 unspecified atom stereocenters. The summed E-state index contributed by atoms with van der Waals surface area (Å²) < 4.78 is 10.8. The van der Waals surface area contributed by atoms with Gasteiger partial charge in [0, 0.05) is 28.4 Å². The SMILES string of the molecule is COc1cc([N+](=O)[O-])cc(C=Nc2ccc3oc(-c4cccc(Cl)c4)nc3c2)c1O. The number of nitrogens with zero attached hydrogens (tertiary/aromatic N) is 3. The first-order valence-electron chi connectivity index (χ1n) is 8.70. The second kappa shape index (κ2) is 7.84. The molecule has 0 saturated heterocycles. The molecule has 0 radical (unpaired) electrons. The van der Waals surface area contributed by atoms with Crippen LogP contribution in [-0.4, -0.2) is 28.3 Å². The van der Waals surface area contributed by atoms with Gasteiger partial charge in [-0.1, -0.05) is 17.7 Å². The van der Waals surface area contributed by atoms with Crippen LogP contribution in [0.1, 0.15) is 5.56 Å². The van der Waals surface area contributed by atoms with E-state index in [2.05, 4.69) is 9.98 Å². The highest BCUT2D eigenvalue weighted by Crippen LogP contribution is 2.34. The van der Waals surface area contributed by atoms with Gasteiger partial charge >= 0.3 is 0 Å². The largest absolute Gasteiger partial charge is 0.504 e. The van der Waals surface area contributed by atoms with Gasteiger partial charge in [0.1, 0.15) is 5.52 Å². The molecular formula is C21H14ClN3O5. The molecule has 0 atom stereocenters. The van der Waals surface area contributed by atoms with Gasteiger partial charge in [-0.2, -0.15) is 0 Å². The minimum atomic E-state index is -0.571. The summed E-state index contributed by atoms with van der Waals surface area (Å²) >= 11 is 6.02. The number of aliphatic imine (C=N–C) groups is 1. The smallest absolute Gasteiger partial charge is 0.274 e. The number of fused-ring (bicyclic) bond motifs is 1. The first kappa shape index (κ1) is 19.4.